The fourth-order valence-electron chi connectivity index (χ4n) is 4.18. The Bertz CT molecular complexity index is 247. The molecule has 0 bridgehead atoms. The molecule has 0 heterocycles. The van der Waals surface area contributed by atoms with Gasteiger partial charge in [0.15, 0.2) is 0 Å². The summed E-state index contributed by atoms with van der Waals surface area (Å²) in [5.41, 5.74) is 6.55. The Labute approximate surface area is 107 Å². The average Bonchev–Trinajstić information content (AvgIpc) is 2.26. The molecule has 0 aromatic carbocycles. The quantitative estimate of drug-likeness (QED) is 0.816. The molecule has 2 atom stereocenters. The molecule has 2 aliphatic rings. The average molecular weight is 238 g/mol. The highest BCUT2D eigenvalue weighted by Crippen LogP contribution is 2.44. The number of likely N-dealkylation sites (N-methyl/N-ethyl adjacent to an activating group) is 1. The molecule has 2 heteroatoms. The summed E-state index contributed by atoms with van der Waals surface area (Å²) in [6.45, 7) is 5.62. The number of rotatable bonds is 4. The highest BCUT2D eigenvalue weighted by atomic mass is 15.2. The van der Waals surface area contributed by atoms with E-state index in [-0.39, 0.29) is 0 Å². The van der Waals surface area contributed by atoms with Crippen LogP contribution in [0.25, 0.3) is 0 Å². The molecule has 0 aromatic rings. The molecule has 2 nitrogen and oxygen atoms in total. The van der Waals surface area contributed by atoms with Crippen molar-refractivity contribution in [2.45, 2.75) is 70.4 Å². The number of nitrogens with two attached hydrogens (primary N) is 1. The van der Waals surface area contributed by atoms with E-state index in [0.717, 1.165) is 24.4 Å². The van der Waals surface area contributed by atoms with Crippen molar-refractivity contribution >= 4 is 0 Å². The van der Waals surface area contributed by atoms with Gasteiger partial charge in [-0.2, -0.15) is 0 Å². The van der Waals surface area contributed by atoms with Gasteiger partial charge in [0.05, 0.1) is 0 Å². The summed E-state index contributed by atoms with van der Waals surface area (Å²) < 4.78 is 0. The van der Waals surface area contributed by atoms with Crippen LogP contribution in [0, 0.1) is 11.8 Å². The summed E-state index contributed by atoms with van der Waals surface area (Å²) in [4.78, 5) is 2.68. The van der Waals surface area contributed by atoms with Crippen LogP contribution in [-0.4, -0.2) is 30.1 Å². The Balaban J connectivity index is 2.18. The highest BCUT2D eigenvalue weighted by molar-refractivity contribution is 5.02. The molecule has 0 saturated heterocycles. The maximum atomic E-state index is 6.24. The van der Waals surface area contributed by atoms with Gasteiger partial charge in [0, 0.05) is 18.1 Å². The lowest BCUT2D eigenvalue weighted by atomic mass is 9.66. The largest absolute Gasteiger partial charge is 0.329 e. The molecule has 2 rings (SSSR count). The van der Waals surface area contributed by atoms with Crippen LogP contribution in [0.15, 0.2) is 0 Å². The van der Waals surface area contributed by atoms with Crippen molar-refractivity contribution in [1.29, 1.82) is 0 Å². The maximum absolute atomic E-state index is 6.24. The van der Waals surface area contributed by atoms with E-state index in [1.165, 1.54) is 44.9 Å². The third-order valence-electron chi connectivity index (χ3n) is 5.55. The van der Waals surface area contributed by atoms with Crippen molar-refractivity contribution in [3.05, 3.63) is 0 Å². The van der Waals surface area contributed by atoms with Crippen LogP contribution < -0.4 is 5.73 Å². The predicted molar refractivity (Wildman–Crippen MR) is 74.0 cm³/mol. The zero-order chi connectivity index (χ0) is 12.5. The van der Waals surface area contributed by atoms with Crippen molar-refractivity contribution in [3.8, 4) is 0 Å². The van der Waals surface area contributed by atoms with Gasteiger partial charge in [-0.05, 0) is 44.6 Å². The molecule has 2 N–H and O–H groups in total. The molecule has 2 fully saturated rings. The van der Waals surface area contributed by atoms with Crippen LogP contribution >= 0.6 is 0 Å². The Kier molecular flexibility index (Phi) is 4.14. The zero-order valence-electron chi connectivity index (χ0n) is 11.9. The van der Waals surface area contributed by atoms with Gasteiger partial charge in [-0.15, -0.1) is 0 Å². The Morgan fingerprint density at radius 2 is 1.88 bits per heavy atom. The van der Waals surface area contributed by atoms with Crippen molar-refractivity contribution in [1.82, 2.24) is 4.90 Å². The first kappa shape index (κ1) is 13.4. The van der Waals surface area contributed by atoms with Crippen LogP contribution in [0.1, 0.15) is 58.8 Å². The maximum Gasteiger partial charge on any atom is 0.0362 e. The van der Waals surface area contributed by atoms with E-state index < -0.39 is 0 Å². The third kappa shape index (κ3) is 2.26. The summed E-state index contributed by atoms with van der Waals surface area (Å²) in [6, 6.07) is 0.817. The van der Waals surface area contributed by atoms with Crippen molar-refractivity contribution in [3.63, 3.8) is 0 Å². The summed E-state index contributed by atoms with van der Waals surface area (Å²) in [6.07, 6.45) is 9.68. The molecule has 0 radical (unpaired) electrons. The van der Waals surface area contributed by atoms with E-state index in [9.17, 15) is 0 Å². The van der Waals surface area contributed by atoms with Gasteiger partial charge in [0.2, 0.25) is 0 Å². The van der Waals surface area contributed by atoms with Crippen molar-refractivity contribution < 1.29 is 0 Å². The second-order valence-electron chi connectivity index (χ2n) is 6.60. The van der Waals surface area contributed by atoms with Crippen LogP contribution in [-0.2, 0) is 0 Å². The van der Waals surface area contributed by atoms with Gasteiger partial charge in [0.25, 0.3) is 0 Å². The molecule has 2 aliphatic carbocycles. The second-order valence-corrected chi connectivity index (χ2v) is 6.60. The third-order valence-corrected chi connectivity index (χ3v) is 5.55. The lowest BCUT2D eigenvalue weighted by molar-refractivity contribution is -0.0423. The normalized spacial score (nSPS) is 35.3. The van der Waals surface area contributed by atoms with Gasteiger partial charge in [-0.25, -0.2) is 0 Å². The molecule has 100 valence electrons. The standard InChI is InChI=1S/C15H30N2/c1-12(2)14-9-4-5-10-15(14,11-16)17(3)13-7-6-8-13/h12-14H,4-11,16H2,1-3H3. The molecule has 2 unspecified atom stereocenters. The first-order valence-electron chi connectivity index (χ1n) is 7.55. The highest BCUT2D eigenvalue weighted by Gasteiger charge is 2.46. The van der Waals surface area contributed by atoms with Gasteiger partial charge >= 0.3 is 0 Å². The summed E-state index contributed by atoms with van der Waals surface area (Å²) >= 11 is 0. The van der Waals surface area contributed by atoms with E-state index in [0.29, 0.717) is 5.54 Å². The number of hydrogen-bond acceptors (Lipinski definition) is 2. The first-order valence-corrected chi connectivity index (χ1v) is 7.55. The Morgan fingerprint density at radius 3 is 2.35 bits per heavy atom. The zero-order valence-corrected chi connectivity index (χ0v) is 11.9. The topological polar surface area (TPSA) is 29.3 Å². The minimum atomic E-state index is 0.303. The Hall–Kier alpha value is -0.0800. The lowest BCUT2D eigenvalue weighted by Gasteiger charge is -2.55. The molecule has 0 spiro atoms. The lowest BCUT2D eigenvalue weighted by Crippen LogP contribution is -2.63. The van der Waals surface area contributed by atoms with Crippen molar-refractivity contribution in [2.75, 3.05) is 13.6 Å². The molecular formula is C15H30N2. The van der Waals surface area contributed by atoms with Gasteiger partial charge in [-0.1, -0.05) is 33.1 Å². The van der Waals surface area contributed by atoms with Crippen molar-refractivity contribution in [2.24, 2.45) is 17.6 Å². The molecule has 0 aliphatic heterocycles. The molecule has 0 amide bonds. The predicted octanol–water partition coefficient (Wildman–Crippen LogP) is 3.01. The smallest absolute Gasteiger partial charge is 0.0362 e. The number of hydrogen-bond donors (Lipinski definition) is 1. The van der Waals surface area contributed by atoms with Gasteiger partial charge in [-0.3, -0.25) is 4.90 Å². The fraction of sp³-hybridized carbons (Fsp3) is 1.00. The van der Waals surface area contributed by atoms with Crippen LogP contribution in [0.5, 0.6) is 0 Å². The fourth-order valence-corrected chi connectivity index (χ4v) is 4.18. The van der Waals surface area contributed by atoms with E-state index in [2.05, 4.69) is 25.8 Å². The molecular weight excluding hydrogens is 208 g/mol. The van der Waals surface area contributed by atoms with Gasteiger partial charge in [0.1, 0.15) is 0 Å². The Morgan fingerprint density at radius 1 is 1.18 bits per heavy atom. The second kappa shape index (κ2) is 5.27. The summed E-state index contributed by atoms with van der Waals surface area (Å²) in [7, 11) is 2.34. The van der Waals surface area contributed by atoms with E-state index in [1.54, 1.807) is 0 Å². The first-order chi connectivity index (χ1) is 8.12. The minimum Gasteiger partial charge on any atom is -0.329 e. The van der Waals surface area contributed by atoms with E-state index in [4.69, 9.17) is 5.73 Å². The van der Waals surface area contributed by atoms with Crippen LogP contribution in [0.2, 0.25) is 0 Å². The molecule has 2 saturated carbocycles. The van der Waals surface area contributed by atoms with E-state index in [1.807, 2.05) is 0 Å². The van der Waals surface area contributed by atoms with Crippen LogP contribution in [0.3, 0.4) is 0 Å². The SMILES string of the molecule is CC(C)C1CCCCC1(CN)N(C)C1CCC1. The number of nitrogens with zero attached hydrogens (tertiary/aromatic N) is 1. The summed E-state index contributed by atoms with van der Waals surface area (Å²) in [5.74, 6) is 1.56. The van der Waals surface area contributed by atoms with E-state index >= 15 is 0 Å². The molecule has 0 aromatic heterocycles. The van der Waals surface area contributed by atoms with Crippen LogP contribution in [0.4, 0.5) is 0 Å². The van der Waals surface area contributed by atoms with Gasteiger partial charge < -0.3 is 5.73 Å². The minimum absolute atomic E-state index is 0.303. The monoisotopic (exact) mass is 238 g/mol. The molecule has 17 heavy (non-hydrogen) atoms. The summed E-state index contributed by atoms with van der Waals surface area (Å²) in [5, 5.41) is 0.